The van der Waals surface area contributed by atoms with Gasteiger partial charge in [0.15, 0.2) is 12.0 Å². The number of rotatable bonds is 14. The molecule has 1 aliphatic heterocycles. The molecule has 9 nitrogen and oxygen atoms in total. The first-order chi connectivity index (χ1) is 19.5. The molecule has 1 N–H and O–H groups in total. The third-order valence-electron chi connectivity index (χ3n) is 8.07. The van der Waals surface area contributed by atoms with E-state index in [1.54, 1.807) is 6.07 Å². The summed E-state index contributed by atoms with van der Waals surface area (Å²) in [6.07, 6.45) is 5.88. The molecule has 41 heavy (non-hydrogen) atoms. The Kier molecular flexibility index (Phi) is 12.5. The molecule has 0 radical (unpaired) electrons. The number of amides is 1. The van der Waals surface area contributed by atoms with E-state index in [1.807, 2.05) is 31.2 Å². The number of pyridine rings is 1. The number of ether oxygens (including phenoxy) is 1. The summed E-state index contributed by atoms with van der Waals surface area (Å²) in [5.41, 5.74) is 1.80. The summed E-state index contributed by atoms with van der Waals surface area (Å²) in [6.45, 7) is 10.6. The summed E-state index contributed by atoms with van der Waals surface area (Å²) >= 11 is 0. The second-order valence-electron chi connectivity index (χ2n) is 11.4. The van der Waals surface area contributed by atoms with Crippen LogP contribution in [0.25, 0.3) is 0 Å². The zero-order chi connectivity index (χ0) is 30.0. The SMILES string of the molecule is CC[C@H](C)[C@@H](C)CC(=O)[C@H]1CCCC[N+]1(C)Cc1ccc(NC(=O)OC[C@@H](C)SSc2ccc([N+](=O)[O-])nc2)cc1. The molecule has 11 heteroatoms. The minimum atomic E-state index is -0.533. The van der Waals surface area contributed by atoms with Gasteiger partial charge in [-0.05, 0) is 59.7 Å². The Morgan fingerprint density at radius 1 is 1.15 bits per heavy atom. The maximum absolute atomic E-state index is 13.4. The van der Waals surface area contributed by atoms with Crippen LogP contribution in [0.3, 0.4) is 0 Å². The molecule has 2 heterocycles. The van der Waals surface area contributed by atoms with Crippen molar-refractivity contribution in [2.75, 3.05) is 25.5 Å². The summed E-state index contributed by atoms with van der Waals surface area (Å²) in [5, 5.41) is 13.5. The highest BCUT2D eigenvalue weighted by Crippen LogP contribution is 2.35. The van der Waals surface area contributed by atoms with Crippen molar-refractivity contribution in [2.24, 2.45) is 11.8 Å². The van der Waals surface area contributed by atoms with Gasteiger partial charge in [0, 0.05) is 35.4 Å². The third-order valence-corrected chi connectivity index (χ3v) is 10.9. The van der Waals surface area contributed by atoms with Crippen LogP contribution < -0.4 is 5.32 Å². The normalized spacial score (nSPS) is 21.0. The highest BCUT2D eigenvalue weighted by molar-refractivity contribution is 8.76. The average Bonchev–Trinajstić information content (AvgIpc) is 2.95. The predicted molar refractivity (Wildman–Crippen MR) is 166 cm³/mol. The first kappa shape index (κ1) is 32.9. The van der Waals surface area contributed by atoms with Crippen molar-refractivity contribution in [1.82, 2.24) is 4.98 Å². The number of aromatic nitrogens is 1. The second kappa shape index (κ2) is 15.6. The molecule has 0 aliphatic carbocycles. The molecular weight excluding hydrogens is 560 g/mol. The number of nitrogens with zero attached hydrogens (tertiary/aromatic N) is 3. The van der Waals surface area contributed by atoms with Crippen molar-refractivity contribution in [3.8, 4) is 0 Å². The number of Topliss-reactive ketones (excluding diaryl/α,β-unsaturated/α-hetero) is 1. The van der Waals surface area contributed by atoms with Gasteiger partial charge in [0.05, 0.1) is 18.5 Å². The first-order valence-electron chi connectivity index (χ1n) is 14.3. The minimum absolute atomic E-state index is 0.00107. The minimum Gasteiger partial charge on any atom is -0.448 e. The highest BCUT2D eigenvalue weighted by atomic mass is 33.1. The van der Waals surface area contributed by atoms with Gasteiger partial charge in [0.25, 0.3) is 0 Å². The molecule has 5 atom stereocenters. The van der Waals surface area contributed by atoms with Crippen LogP contribution in [0.2, 0.25) is 0 Å². The Bertz CT molecular complexity index is 1160. The number of carbonyl (C=O) groups excluding carboxylic acids is 2. The van der Waals surface area contributed by atoms with Crippen molar-refractivity contribution in [1.29, 1.82) is 0 Å². The Morgan fingerprint density at radius 2 is 1.88 bits per heavy atom. The van der Waals surface area contributed by atoms with Gasteiger partial charge < -0.3 is 19.3 Å². The van der Waals surface area contributed by atoms with Crippen molar-refractivity contribution in [3.63, 3.8) is 0 Å². The molecule has 2 aromatic rings. The standard InChI is InChI=1S/C30H42N4O5S2/c1-6-21(2)22(3)17-28(35)27-9-7-8-16-34(27,5)19-24-10-12-25(13-11-24)32-30(36)39-20-23(4)40-41-26-14-15-29(31-18-26)33(37)38/h10-15,18,21-23,27H,6-9,16-17,19-20H2,1-5H3/p+1/t21-,22-,23+,27+,34?/m0/s1. The molecule has 1 unspecified atom stereocenters. The number of quaternary nitrogens is 1. The van der Waals surface area contributed by atoms with Crippen LogP contribution in [0.1, 0.15) is 65.4 Å². The van der Waals surface area contributed by atoms with Crippen LogP contribution in [-0.2, 0) is 16.1 Å². The first-order valence-corrected chi connectivity index (χ1v) is 16.6. The number of piperidine rings is 1. The Balaban J connectivity index is 1.46. The molecule has 1 aliphatic rings. The number of benzene rings is 1. The number of likely N-dealkylation sites (tertiary alicyclic amines) is 1. The van der Waals surface area contributed by atoms with E-state index in [0.717, 1.165) is 53.7 Å². The molecule has 1 aromatic carbocycles. The van der Waals surface area contributed by atoms with Crippen LogP contribution >= 0.6 is 21.6 Å². The predicted octanol–water partition coefficient (Wildman–Crippen LogP) is 7.51. The lowest BCUT2D eigenvalue weighted by Gasteiger charge is -2.44. The Labute approximate surface area is 251 Å². The summed E-state index contributed by atoms with van der Waals surface area (Å²) < 4.78 is 6.12. The van der Waals surface area contributed by atoms with Gasteiger partial charge in [0.2, 0.25) is 0 Å². The van der Waals surface area contributed by atoms with Crippen molar-refractivity contribution in [3.05, 3.63) is 58.3 Å². The average molecular weight is 604 g/mol. The van der Waals surface area contributed by atoms with Gasteiger partial charge in [-0.25, -0.2) is 4.79 Å². The fraction of sp³-hybridized carbons (Fsp3) is 0.567. The van der Waals surface area contributed by atoms with Gasteiger partial charge in [-0.2, -0.15) is 0 Å². The van der Waals surface area contributed by atoms with E-state index < -0.39 is 11.0 Å². The van der Waals surface area contributed by atoms with Gasteiger partial charge in [-0.1, -0.05) is 60.9 Å². The van der Waals surface area contributed by atoms with E-state index in [-0.39, 0.29) is 23.7 Å². The molecule has 1 aromatic heterocycles. The van der Waals surface area contributed by atoms with Crippen LogP contribution in [0.5, 0.6) is 0 Å². The molecule has 3 rings (SSSR count). The number of hydrogen-bond acceptors (Lipinski definition) is 8. The fourth-order valence-corrected chi connectivity index (χ4v) is 7.09. The maximum atomic E-state index is 13.4. The number of hydrogen-bond donors (Lipinski definition) is 1. The van der Waals surface area contributed by atoms with E-state index in [4.69, 9.17) is 4.74 Å². The number of carbonyl (C=O) groups is 2. The summed E-state index contributed by atoms with van der Waals surface area (Å²) in [7, 11) is 5.13. The van der Waals surface area contributed by atoms with Gasteiger partial charge >= 0.3 is 11.9 Å². The van der Waals surface area contributed by atoms with Crippen LogP contribution in [0.4, 0.5) is 16.3 Å². The van der Waals surface area contributed by atoms with E-state index >= 15 is 0 Å². The highest BCUT2D eigenvalue weighted by Gasteiger charge is 2.40. The number of nitrogens with one attached hydrogen (secondary N) is 1. The van der Waals surface area contributed by atoms with Crippen LogP contribution in [0.15, 0.2) is 47.5 Å². The quantitative estimate of drug-likeness (QED) is 0.102. The number of ketones is 1. The Morgan fingerprint density at radius 3 is 2.51 bits per heavy atom. The molecule has 0 spiro atoms. The van der Waals surface area contributed by atoms with E-state index in [9.17, 15) is 19.7 Å². The third kappa shape index (κ3) is 10.0. The molecule has 1 amide bonds. The molecule has 224 valence electrons. The zero-order valence-corrected chi connectivity index (χ0v) is 26.3. The number of anilines is 1. The molecule has 1 saturated heterocycles. The monoisotopic (exact) mass is 603 g/mol. The van der Waals surface area contributed by atoms with E-state index in [2.05, 4.69) is 38.1 Å². The molecule has 0 saturated carbocycles. The maximum Gasteiger partial charge on any atom is 0.411 e. The van der Waals surface area contributed by atoms with E-state index in [0.29, 0.717) is 29.7 Å². The largest absolute Gasteiger partial charge is 0.448 e. The summed E-state index contributed by atoms with van der Waals surface area (Å²) in [5.74, 6) is 1.16. The smallest absolute Gasteiger partial charge is 0.411 e. The molecule has 0 bridgehead atoms. The van der Waals surface area contributed by atoms with Crippen LogP contribution in [-0.4, -0.2) is 57.8 Å². The molecular formula is C30H43N4O5S2+. The van der Waals surface area contributed by atoms with Gasteiger partial charge in [-0.3, -0.25) is 10.1 Å². The van der Waals surface area contributed by atoms with Gasteiger partial charge in [-0.15, -0.1) is 0 Å². The lowest BCUT2D eigenvalue weighted by Crippen LogP contribution is -2.57. The zero-order valence-electron chi connectivity index (χ0n) is 24.7. The molecule has 1 fully saturated rings. The second-order valence-corrected chi connectivity index (χ2v) is 14.1. The number of nitro groups is 1. The lowest BCUT2D eigenvalue weighted by atomic mass is 9.85. The van der Waals surface area contributed by atoms with Crippen molar-refractivity contribution >= 4 is 45.0 Å². The van der Waals surface area contributed by atoms with Crippen LogP contribution in [0, 0.1) is 22.0 Å². The topological polar surface area (TPSA) is 111 Å². The summed E-state index contributed by atoms with van der Waals surface area (Å²) in [4.78, 5) is 40.5. The van der Waals surface area contributed by atoms with Crippen molar-refractivity contribution in [2.45, 2.75) is 82.5 Å². The summed E-state index contributed by atoms with van der Waals surface area (Å²) in [6, 6.07) is 10.8. The number of likely N-dealkylation sites (N-methyl/N-ethyl adjacent to an activating group) is 1. The Hall–Kier alpha value is -2.63. The van der Waals surface area contributed by atoms with Crippen molar-refractivity contribution < 1.29 is 23.7 Å². The van der Waals surface area contributed by atoms with Gasteiger partial charge in [0.1, 0.15) is 19.2 Å². The fourth-order valence-electron chi connectivity index (χ4n) is 5.19. The van der Waals surface area contributed by atoms with E-state index in [1.165, 1.54) is 33.9 Å². The lowest BCUT2D eigenvalue weighted by molar-refractivity contribution is -0.941.